The highest BCUT2D eigenvalue weighted by molar-refractivity contribution is 5.97. The first-order valence-corrected chi connectivity index (χ1v) is 10.4. The molecule has 160 valence electrons. The van der Waals surface area contributed by atoms with Gasteiger partial charge in [-0.05, 0) is 44.0 Å². The van der Waals surface area contributed by atoms with Crippen LogP contribution in [-0.2, 0) is 4.74 Å². The van der Waals surface area contributed by atoms with Gasteiger partial charge in [0.05, 0.1) is 12.2 Å². The fourth-order valence-corrected chi connectivity index (χ4v) is 3.35. The van der Waals surface area contributed by atoms with Crippen LogP contribution in [0.1, 0.15) is 30.1 Å². The molecule has 30 heavy (non-hydrogen) atoms. The maximum absolute atomic E-state index is 12.8. The van der Waals surface area contributed by atoms with Gasteiger partial charge < -0.3 is 25.0 Å². The van der Waals surface area contributed by atoms with E-state index >= 15 is 0 Å². The zero-order valence-electron chi connectivity index (χ0n) is 17.3. The Labute approximate surface area is 177 Å². The molecule has 3 rings (SSSR count). The summed E-state index contributed by atoms with van der Waals surface area (Å²) in [5.74, 6) is 0.392. The van der Waals surface area contributed by atoms with E-state index in [1.807, 2.05) is 49.4 Å². The lowest BCUT2D eigenvalue weighted by atomic mass is 10.0. The molecule has 0 unspecified atom stereocenters. The second kappa shape index (κ2) is 11.2. The van der Waals surface area contributed by atoms with Gasteiger partial charge in [-0.1, -0.05) is 30.3 Å². The molecule has 2 aromatic carbocycles. The Kier molecular flexibility index (Phi) is 8.09. The van der Waals surface area contributed by atoms with E-state index in [-0.39, 0.29) is 18.0 Å². The Hall–Kier alpha value is -3.06. The fourth-order valence-electron chi connectivity index (χ4n) is 3.35. The van der Waals surface area contributed by atoms with E-state index in [0.29, 0.717) is 57.1 Å². The molecule has 0 radical (unpaired) electrons. The number of urea groups is 1. The fraction of sp³-hybridized carbons (Fsp3) is 0.391. The topological polar surface area (TPSA) is 79.9 Å². The molecule has 1 aliphatic rings. The van der Waals surface area contributed by atoms with Crippen molar-refractivity contribution < 1.29 is 19.1 Å². The Morgan fingerprint density at radius 2 is 1.70 bits per heavy atom. The van der Waals surface area contributed by atoms with Gasteiger partial charge in [0.25, 0.3) is 5.91 Å². The van der Waals surface area contributed by atoms with Crippen LogP contribution in [0.3, 0.4) is 0 Å². The van der Waals surface area contributed by atoms with Crippen molar-refractivity contribution in [2.75, 3.05) is 38.2 Å². The normalized spacial score (nSPS) is 14.2. The minimum Gasteiger partial charge on any atom is -0.490 e. The maximum atomic E-state index is 12.8. The van der Waals surface area contributed by atoms with Gasteiger partial charge >= 0.3 is 6.03 Å². The van der Waals surface area contributed by atoms with Gasteiger partial charge in [0.1, 0.15) is 12.4 Å². The summed E-state index contributed by atoms with van der Waals surface area (Å²) in [6, 6.07) is 16.5. The standard InChI is InChI=1S/C23H29N3O4/c1-2-29-16-17-30-21-11-7-6-10-20(21)22(27)24-19-12-14-26(15-13-19)23(28)25-18-8-4-3-5-9-18/h3-11,19H,2,12-17H2,1H3,(H,24,27)(H,25,28). The third kappa shape index (κ3) is 6.22. The Balaban J connectivity index is 1.48. The van der Waals surface area contributed by atoms with Crippen LogP contribution >= 0.6 is 0 Å². The largest absolute Gasteiger partial charge is 0.490 e. The van der Waals surface area contributed by atoms with E-state index in [2.05, 4.69) is 10.6 Å². The van der Waals surface area contributed by atoms with Crippen LogP contribution < -0.4 is 15.4 Å². The predicted molar refractivity (Wildman–Crippen MR) is 116 cm³/mol. The monoisotopic (exact) mass is 411 g/mol. The van der Waals surface area contributed by atoms with Gasteiger partial charge in [-0.2, -0.15) is 0 Å². The second-order valence-corrected chi connectivity index (χ2v) is 7.07. The molecule has 0 spiro atoms. The quantitative estimate of drug-likeness (QED) is 0.652. The summed E-state index contributed by atoms with van der Waals surface area (Å²) in [6.45, 7) is 4.63. The number of nitrogens with one attached hydrogen (secondary N) is 2. The van der Waals surface area contributed by atoms with E-state index in [4.69, 9.17) is 9.47 Å². The van der Waals surface area contributed by atoms with Gasteiger partial charge in [0.2, 0.25) is 0 Å². The molecular formula is C23H29N3O4. The van der Waals surface area contributed by atoms with Crippen molar-refractivity contribution in [3.05, 3.63) is 60.2 Å². The Bertz CT molecular complexity index is 820. The zero-order valence-corrected chi connectivity index (χ0v) is 17.3. The van der Waals surface area contributed by atoms with Gasteiger partial charge in [-0.25, -0.2) is 4.79 Å². The third-order valence-electron chi connectivity index (χ3n) is 4.96. The Morgan fingerprint density at radius 3 is 2.43 bits per heavy atom. The highest BCUT2D eigenvalue weighted by Gasteiger charge is 2.25. The molecule has 1 aliphatic heterocycles. The number of rotatable bonds is 8. The number of anilines is 1. The van der Waals surface area contributed by atoms with Crippen molar-refractivity contribution in [3.8, 4) is 5.75 Å². The number of amides is 3. The lowest BCUT2D eigenvalue weighted by Gasteiger charge is -2.32. The van der Waals surface area contributed by atoms with Gasteiger partial charge in [-0.15, -0.1) is 0 Å². The van der Waals surface area contributed by atoms with E-state index in [1.54, 1.807) is 17.0 Å². The van der Waals surface area contributed by atoms with Crippen molar-refractivity contribution >= 4 is 17.6 Å². The number of likely N-dealkylation sites (tertiary alicyclic amines) is 1. The maximum Gasteiger partial charge on any atom is 0.321 e. The number of ether oxygens (including phenoxy) is 2. The molecule has 0 atom stereocenters. The minimum absolute atomic E-state index is 0.0229. The van der Waals surface area contributed by atoms with Crippen LogP contribution in [0.5, 0.6) is 5.75 Å². The number of hydrogen-bond acceptors (Lipinski definition) is 4. The molecule has 0 saturated carbocycles. The molecule has 0 aliphatic carbocycles. The highest BCUT2D eigenvalue weighted by Crippen LogP contribution is 2.19. The molecular weight excluding hydrogens is 382 g/mol. The second-order valence-electron chi connectivity index (χ2n) is 7.07. The average molecular weight is 412 g/mol. The van der Waals surface area contributed by atoms with Crippen LogP contribution in [0.4, 0.5) is 10.5 Å². The number of carbonyl (C=O) groups excluding carboxylic acids is 2. The predicted octanol–water partition coefficient (Wildman–Crippen LogP) is 3.53. The first kappa shape index (κ1) is 21.6. The number of nitrogens with zero attached hydrogens (tertiary/aromatic N) is 1. The van der Waals surface area contributed by atoms with Gasteiger partial charge in [-0.3, -0.25) is 4.79 Å². The molecule has 3 amide bonds. The van der Waals surface area contributed by atoms with Crippen LogP contribution in [0.25, 0.3) is 0 Å². The summed E-state index contributed by atoms with van der Waals surface area (Å²) >= 11 is 0. The summed E-state index contributed by atoms with van der Waals surface area (Å²) in [6.07, 6.45) is 1.42. The van der Waals surface area contributed by atoms with Crippen LogP contribution in [0.15, 0.2) is 54.6 Å². The summed E-state index contributed by atoms with van der Waals surface area (Å²) in [5.41, 5.74) is 1.29. The van der Waals surface area contributed by atoms with Crippen molar-refractivity contribution in [3.63, 3.8) is 0 Å². The highest BCUT2D eigenvalue weighted by atomic mass is 16.5. The van der Waals surface area contributed by atoms with Gasteiger partial charge in [0.15, 0.2) is 0 Å². The molecule has 1 fully saturated rings. The number of piperidine rings is 1. The first-order valence-electron chi connectivity index (χ1n) is 10.4. The average Bonchev–Trinajstić information content (AvgIpc) is 2.78. The zero-order chi connectivity index (χ0) is 21.2. The van der Waals surface area contributed by atoms with E-state index in [0.717, 1.165) is 5.69 Å². The molecule has 2 aromatic rings. The molecule has 7 nitrogen and oxygen atoms in total. The number of hydrogen-bond donors (Lipinski definition) is 2. The molecule has 1 heterocycles. The molecule has 1 saturated heterocycles. The smallest absolute Gasteiger partial charge is 0.321 e. The molecule has 2 N–H and O–H groups in total. The molecule has 0 aromatic heterocycles. The summed E-state index contributed by atoms with van der Waals surface area (Å²) in [5, 5.41) is 5.98. The Morgan fingerprint density at radius 1 is 1.00 bits per heavy atom. The summed E-state index contributed by atoms with van der Waals surface area (Å²) in [7, 11) is 0. The summed E-state index contributed by atoms with van der Waals surface area (Å²) in [4.78, 5) is 27.0. The van der Waals surface area contributed by atoms with Crippen molar-refractivity contribution in [1.82, 2.24) is 10.2 Å². The van der Waals surface area contributed by atoms with Crippen LogP contribution in [0.2, 0.25) is 0 Å². The number of carbonyl (C=O) groups is 2. The van der Waals surface area contributed by atoms with Crippen LogP contribution in [-0.4, -0.2) is 55.8 Å². The lowest BCUT2D eigenvalue weighted by Crippen LogP contribution is -2.47. The number of benzene rings is 2. The molecule has 0 bridgehead atoms. The third-order valence-corrected chi connectivity index (χ3v) is 4.96. The SMILES string of the molecule is CCOCCOc1ccccc1C(=O)NC1CCN(C(=O)Nc2ccccc2)CC1. The summed E-state index contributed by atoms with van der Waals surface area (Å²) < 4.78 is 11.0. The first-order chi connectivity index (χ1) is 14.7. The van der Waals surface area contributed by atoms with Crippen molar-refractivity contribution in [1.29, 1.82) is 0 Å². The van der Waals surface area contributed by atoms with E-state index in [1.165, 1.54) is 0 Å². The molecule has 7 heteroatoms. The van der Waals surface area contributed by atoms with Gasteiger partial charge in [0, 0.05) is 31.4 Å². The minimum atomic E-state index is -0.158. The van der Waals surface area contributed by atoms with Crippen molar-refractivity contribution in [2.45, 2.75) is 25.8 Å². The van der Waals surface area contributed by atoms with Crippen LogP contribution in [0, 0.1) is 0 Å². The number of para-hydroxylation sites is 2. The lowest BCUT2D eigenvalue weighted by molar-refractivity contribution is 0.0904. The van der Waals surface area contributed by atoms with E-state index < -0.39 is 0 Å². The van der Waals surface area contributed by atoms with E-state index in [9.17, 15) is 9.59 Å². The van der Waals surface area contributed by atoms with Crippen molar-refractivity contribution in [2.24, 2.45) is 0 Å².